The first-order valence-corrected chi connectivity index (χ1v) is 11.2. The molecule has 1 saturated heterocycles. The Bertz CT molecular complexity index is 885. The van der Waals surface area contributed by atoms with E-state index in [1.54, 1.807) is 24.3 Å². The van der Waals surface area contributed by atoms with E-state index in [2.05, 4.69) is 16.9 Å². The van der Waals surface area contributed by atoms with Gasteiger partial charge in [-0.1, -0.05) is 42.5 Å². The number of benzene rings is 2. The molecule has 2 aromatic carbocycles. The predicted molar refractivity (Wildman–Crippen MR) is 104 cm³/mol. The first-order chi connectivity index (χ1) is 13.1. The van der Waals surface area contributed by atoms with Crippen molar-refractivity contribution in [1.29, 1.82) is 0 Å². The van der Waals surface area contributed by atoms with Gasteiger partial charge in [0.15, 0.2) is 0 Å². The fourth-order valence-electron chi connectivity index (χ4n) is 4.76. The second-order valence-electron chi connectivity index (χ2n) is 7.62. The van der Waals surface area contributed by atoms with Crippen molar-refractivity contribution in [3.05, 3.63) is 65.7 Å². The molecule has 0 aromatic heterocycles. The average Bonchev–Trinajstić information content (AvgIpc) is 3.05. The van der Waals surface area contributed by atoms with Gasteiger partial charge in [-0.3, -0.25) is 0 Å². The maximum atomic E-state index is 12.9. The van der Waals surface area contributed by atoms with E-state index in [4.69, 9.17) is 0 Å². The van der Waals surface area contributed by atoms with Crippen LogP contribution in [0.25, 0.3) is 0 Å². The summed E-state index contributed by atoms with van der Waals surface area (Å²) in [7, 11) is -3.58. The zero-order valence-corrected chi connectivity index (χ0v) is 16.2. The molecule has 6 heteroatoms. The molecule has 1 aliphatic carbocycles. The third-order valence-electron chi connectivity index (χ3n) is 6.00. The van der Waals surface area contributed by atoms with E-state index in [9.17, 15) is 13.5 Å². The molecule has 0 amide bonds. The third-order valence-corrected chi connectivity index (χ3v) is 7.51. The van der Waals surface area contributed by atoms with Gasteiger partial charge < -0.3 is 10.0 Å². The van der Waals surface area contributed by atoms with Crippen LogP contribution in [0.4, 0.5) is 0 Å². The third kappa shape index (κ3) is 3.67. The molecule has 1 fully saturated rings. The number of hydrogen-bond acceptors (Lipinski definition) is 3. The number of nitrogens with one attached hydrogen (secondary N) is 2. The Kier molecular flexibility index (Phi) is 5.32. The molecule has 144 valence electrons. The van der Waals surface area contributed by atoms with Crippen LogP contribution in [0.1, 0.15) is 36.4 Å². The summed E-state index contributed by atoms with van der Waals surface area (Å²) in [5, 5.41) is 9.91. The number of piperidine rings is 1. The fraction of sp³-hybridized carbons (Fsp3) is 0.429. The van der Waals surface area contributed by atoms with Crippen LogP contribution in [0, 0.1) is 0 Å². The maximum Gasteiger partial charge on any atom is 0.241 e. The lowest BCUT2D eigenvalue weighted by Crippen LogP contribution is -3.18. The summed E-state index contributed by atoms with van der Waals surface area (Å²) in [6, 6.07) is 16.8. The number of likely N-dealkylation sites (tertiary alicyclic amines) is 1. The van der Waals surface area contributed by atoms with Gasteiger partial charge in [0, 0.05) is 12.0 Å². The van der Waals surface area contributed by atoms with Crippen molar-refractivity contribution in [1.82, 2.24) is 4.72 Å². The highest BCUT2D eigenvalue weighted by Crippen LogP contribution is 2.31. The summed E-state index contributed by atoms with van der Waals surface area (Å²) < 4.78 is 28.9. The van der Waals surface area contributed by atoms with Crippen LogP contribution in [0.3, 0.4) is 0 Å². The van der Waals surface area contributed by atoms with Crippen molar-refractivity contribution >= 4 is 10.0 Å². The Hall–Kier alpha value is -1.73. The molecule has 5 nitrogen and oxygen atoms in total. The van der Waals surface area contributed by atoms with E-state index in [1.807, 2.05) is 18.2 Å². The van der Waals surface area contributed by atoms with Crippen LogP contribution < -0.4 is 9.62 Å². The zero-order valence-electron chi connectivity index (χ0n) is 15.3. The highest BCUT2D eigenvalue weighted by atomic mass is 32.2. The number of rotatable bonds is 5. The van der Waals surface area contributed by atoms with E-state index < -0.39 is 10.0 Å². The average molecular weight is 388 g/mol. The topological polar surface area (TPSA) is 70.8 Å². The molecule has 0 bridgehead atoms. The Balaban J connectivity index is 1.67. The molecule has 27 heavy (non-hydrogen) atoms. The first kappa shape index (κ1) is 18.6. The van der Waals surface area contributed by atoms with Gasteiger partial charge in [-0.15, -0.1) is 0 Å². The minimum Gasteiger partial charge on any atom is -0.390 e. The number of sulfonamides is 1. The van der Waals surface area contributed by atoms with Gasteiger partial charge in [0.2, 0.25) is 10.0 Å². The van der Waals surface area contributed by atoms with Crippen LogP contribution in [0.15, 0.2) is 59.5 Å². The molecule has 4 atom stereocenters. The van der Waals surface area contributed by atoms with Gasteiger partial charge in [-0.05, 0) is 37.0 Å². The quantitative estimate of drug-likeness (QED) is 0.719. The van der Waals surface area contributed by atoms with Crippen LogP contribution in [-0.4, -0.2) is 38.8 Å². The molecule has 1 heterocycles. The number of fused-ring (bicyclic) bond motifs is 1. The number of aliphatic hydroxyl groups is 1. The van der Waals surface area contributed by atoms with E-state index in [0.717, 1.165) is 25.8 Å². The van der Waals surface area contributed by atoms with Crippen molar-refractivity contribution in [3.8, 4) is 0 Å². The Labute approximate surface area is 161 Å². The molecule has 2 aromatic rings. The molecule has 3 N–H and O–H groups in total. The minimum absolute atomic E-state index is 0.0390. The second-order valence-corrected chi connectivity index (χ2v) is 9.34. The van der Waals surface area contributed by atoms with Crippen molar-refractivity contribution in [3.63, 3.8) is 0 Å². The van der Waals surface area contributed by atoms with Gasteiger partial charge in [0.1, 0.15) is 12.1 Å². The molecule has 0 spiro atoms. The van der Waals surface area contributed by atoms with Gasteiger partial charge in [-0.2, -0.15) is 0 Å². The lowest BCUT2D eigenvalue weighted by molar-refractivity contribution is -0.961. The summed E-state index contributed by atoms with van der Waals surface area (Å²) in [6.07, 6.45) is 3.92. The van der Waals surface area contributed by atoms with E-state index >= 15 is 0 Å². The van der Waals surface area contributed by atoms with Gasteiger partial charge in [-0.25, -0.2) is 13.1 Å². The summed E-state index contributed by atoms with van der Waals surface area (Å²) in [5.74, 6) is 0. The Morgan fingerprint density at radius 2 is 1.78 bits per heavy atom. The summed E-state index contributed by atoms with van der Waals surface area (Å²) >= 11 is 0. The van der Waals surface area contributed by atoms with E-state index in [-0.39, 0.29) is 24.7 Å². The number of hydrogen-bond donors (Lipinski definition) is 3. The summed E-state index contributed by atoms with van der Waals surface area (Å²) in [4.78, 5) is 1.61. The second kappa shape index (κ2) is 7.72. The lowest BCUT2D eigenvalue weighted by Gasteiger charge is -2.38. The summed E-state index contributed by atoms with van der Waals surface area (Å²) in [5.41, 5.74) is 2.42. The van der Waals surface area contributed by atoms with E-state index in [0.29, 0.717) is 11.3 Å². The number of aliphatic hydroxyl groups excluding tert-OH is 1. The molecule has 2 aliphatic rings. The molecular weight excluding hydrogens is 360 g/mol. The first-order valence-electron chi connectivity index (χ1n) is 9.72. The smallest absolute Gasteiger partial charge is 0.241 e. The van der Waals surface area contributed by atoms with Crippen molar-refractivity contribution in [2.24, 2.45) is 0 Å². The van der Waals surface area contributed by atoms with Crippen LogP contribution in [-0.2, 0) is 16.4 Å². The van der Waals surface area contributed by atoms with Crippen molar-refractivity contribution in [2.75, 3.05) is 13.2 Å². The lowest BCUT2D eigenvalue weighted by atomic mass is 9.96. The molecule has 0 radical (unpaired) electrons. The highest BCUT2D eigenvalue weighted by Gasteiger charge is 2.44. The highest BCUT2D eigenvalue weighted by molar-refractivity contribution is 7.89. The summed E-state index contributed by atoms with van der Waals surface area (Å²) in [6.45, 7) is 1.11. The van der Waals surface area contributed by atoms with Crippen molar-refractivity contribution < 1.29 is 18.4 Å². The maximum absolute atomic E-state index is 12.9. The normalized spacial score (nSPS) is 28.0. The largest absolute Gasteiger partial charge is 0.390 e. The number of quaternary nitrogens is 1. The zero-order chi connectivity index (χ0) is 18.9. The molecule has 0 saturated carbocycles. The van der Waals surface area contributed by atoms with Gasteiger partial charge in [0.25, 0.3) is 0 Å². The van der Waals surface area contributed by atoms with Crippen molar-refractivity contribution in [2.45, 2.75) is 48.7 Å². The van der Waals surface area contributed by atoms with Gasteiger partial charge in [0.05, 0.1) is 24.1 Å². The fourth-order valence-corrected chi connectivity index (χ4v) is 6.03. The van der Waals surface area contributed by atoms with E-state index in [1.165, 1.54) is 16.0 Å². The SMILES string of the molecule is O=S(=O)(N[C@@H]1Cc2ccccc2[C@@H]1[NH+]1CCCC[C@@H]1CO)c1ccccc1. The predicted octanol–water partition coefficient (Wildman–Crippen LogP) is 1.06. The Morgan fingerprint density at radius 3 is 2.56 bits per heavy atom. The monoisotopic (exact) mass is 387 g/mol. The van der Waals surface area contributed by atoms with Crippen LogP contribution >= 0.6 is 0 Å². The molecule has 1 aliphatic heterocycles. The van der Waals surface area contributed by atoms with Crippen LogP contribution in [0.5, 0.6) is 0 Å². The Morgan fingerprint density at radius 1 is 1.04 bits per heavy atom. The van der Waals surface area contributed by atoms with Crippen LogP contribution in [0.2, 0.25) is 0 Å². The minimum atomic E-state index is -3.58. The molecular formula is C21H27N2O3S+. The van der Waals surface area contributed by atoms with Gasteiger partial charge >= 0.3 is 0 Å². The molecule has 4 rings (SSSR count). The molecule has 1 unspecified atom stereocenters. The standard InChI is InChI=1S/C21H26N2O3S/c24-15-17-9-6-7-13-23(17)21-19-12-5-4-8-16(19)14-20(21)22-27(25,26)18-10-2-1-3-11-18/h1-5,8,10-12,17,20-22,24H,6-7,9,13-15H2/p+1/t17-,20-,21+/m1/s1.